The molecule has 5 heteroatoms. The van der Waals surface area contributed by atoms with Gasteiger partial charge in [-0.25, -0.2) is 4.39 Å². The number of amides is 1. The first-order valence-electron chi connectivity index (χ1n) is 5.60. The molecule has 0 aliphatic rings. The third kappa shape index (κ3) is 3.03. The fourth-order valence-corrected chi connectivity index (χ4v) is 1.95. The third-order valence-corrected chi connectivity index (χ3v) is 2.95. The Labute approximate surface area is 115 Å². The van der Waals surface area contributed by atoms with E-state index in [1.54, 1.807) is 18.2 Å². The zero-order chi connectivity index (χ0) is 14.0. The first kappa shape index (κ1) is 13.4. The fraction of sp³-hybridized carbons (Fsp3) is 0.0714. The Morgan fingerprint density at radius 1 is 1.26 bits per heavy atom. The van der Waals surface area contributed by atoms with E-state index in [2.05, 4.69) is 5.32 Å². The van der Waals surface area contributed by atoms with E-state index >= 15 is 0 Å². The molecule has 0 radical (unpaired) electrons. The Hall–Kier alpha value is -2.07. The molecule has 0 fully saturated rings. The first-order chi connectivity index (χ1) is 8.97. The lowest BCUT2D eigenvalue weighted by Gasteiger charge is -2.09. The van der Waals surface area contributed by atoms with Gasteiger partial charge < -0.3 is 11.1 Å². The van der Waals surface area contributed by atoms with Crippen molar-refractivity contribution >= 4 is 28.9 Å². The Balaban J connectivity index is 2.28. The predicted octanol–water partition coefficient (Wildman–Crippen LogP) is 3.62. The van der Waals surface area contributed by atoms with Crippen molar-refractivity contribution in [3.05, 3.63) is 58.4 Å². The van der Waals surface area contributed by atoms with Crippen LogP contribution in [0.25, 0.3) is 0 Å². The fourth-order valence-electron chi connectivity index (χ4n) is 1.63. The van der Waals surface area contributed by atoms with Crippen LogP contribution in [0.3, 0.4) is 0 Å². The lowest BCUT2D eigenvalue weighted by Crippen LogP contribution is -2.14. The van der Waals surface area contributed by atoms with E-state index in [4.69, 9.17) is 17.3 Å². The summed E-state index contributed by atoms with van der Waals surface area (Å²) in [5.74, 6) is -0.901. The van der Waals surface area contributed by atoms with Gasteiger partial charge in [-0.15, -0.1) is 0 Å². The van der Waals surface area contributed by atoms with Gasteiger partial charge in [0, 0.05) is 0 Å². The van der Waals surface area contributed by atoms with E-state index < -0.39 is 11.7 Å². The maximum atomic E-state index is 13.1. The summed E-state index contributed by atoms with van der Waals surface area (Å²) in [6.45, 7) is 1.87. The van der Waals surface area contributed by atoms with Crippen LogP contribution in [-0.4, -0.2) is 5.91 Å². The highest BCUT2D eigenvalue weighted by Gasteiger charge is 2.12. The van der Waals surface area contributed by atoms with Crippen molar-refractivity contribution in [2.75, 3.05) is 11.1 Å². The molecular formula is C14H12ClFN2O. The van der Waals surface area contributed by atoms with Crippen LogP contribution in [0.1, 0.15) is 15.9 Å². The van der Waals surface area contributed by atoms with Gasteiger partial charge >= 0.3 is 0 Å². The normalized spacial score (nSPS) is 10.3. The molecule has 0 saturated heterocycles. The molecule has 0 aliphatic carbocycles. The van der Waals surface area contributed by atoms with Gasteiger partial charge in [0.05, 0.1) is 22.0 Å². The molecule has 0 saturated carbocycles. The summed E-state index contributed by atoms with van der Waals surface area (Å²) in [5.41, 5.74) is 7.44. The molecule has 0 atom stereocenters. The van der Waals surface area contributed by atoms with Crippen LogP contribution in [-0.2, 0) is 0 Å². The molecule has 1 amide bonds. The number of hydrogen-bond donors (Lipinski definition) is 2. The predicted molar refractivity (Wildman–Crippen MR) is 75.0 cm³/mol. The molecule has 2 aromatic rings. The number of carbonyl (C=O) groups is 1. The quantitative estimate of drug-likeness (QED) is 0.824. The summed E-state index contributed by atoms with van der Waals surface area (Å²) in [5, 5.41) is 2.88. The molecule has 0 aromatic heterocycles. The van der Waals surface area contributed by atoms with Crippen LogP contribution in [0.5, 0.6) is 0 Å². The Morgan fingerprint density at radius 2 is 2.00 bits per heavy atom. The smallest absolute Gasteiger partial charge is 0.257 e. The number of nitrogens with one attached hydrogen (secondary N) is 1. The van der Waals surface area contributed by atoms with Gasteiger partial charge in [0.2, 0.25) is 0 Å². The van der Waals surface area contributed by atoms with Crippen molar-refractivity contribution in [3.63, 3.8) is 0 Å². The van der Waals surface area contributed by atoms with Gasteiger partial charge in [-0.1, -0.05) is 17.7 Å². The number of carbonyl (C=O) groups excluding carboxylic acids is 1. The maximum absolute atomic E-state index is 13.1. The summed E-state index contributed by atoms with van der Waals surface area (Å²) in [6.07, 6.45) is 0. The SMILES string of the molecule is Cc1ccc(C(=O)Nc2cc(F)ccc2N)c(Cl)c1. The minimum Gasteiger partial charge on any atom is -0.397 e. The second kappa shape index (κ2) is 5.28. The topological polar surface area (TPSA) is 55.1 Å². The van der Waals surface area contributed by atoms with Crippen molar-refractivity contribution in [2.24, 2.45) is 0 Å². The van der Waals surface area contributed by atoms with Gasteiger partial charge in [0.15, 0.2) is 0 Å². The average Bonchev–Trinajstić information content (AvgIpc) is 2.33. The summed E-state index contributed by atoms with van der Waals surface area (Å²) in [6, 6.07) is 8.85. The third-order valence-electron chi connectivity index (χ3n) is 2.63. The molecule has 2 rings (SSSR count). The van der Waals surface area contributed by atoms with Crippen LogP contribution >= 0.6 is 11.6 Å². The number of nitrogens with two attached hydrogens (primary N) is 1. The molecule has 19 heavy (non-hydrogen) atoms. The summed E-state index contributed by atoms with van der Waals surface area (Å²) < 4.78 is 13.1. The van der Waals surface area contributed by atoms with Crippen molar-refractivity contribution in [1.29, 1.82) is 0 Å². The molecule has 2 aromatic carbocycles. The molecule has 0 unspecified atom stereocenters. The highest BCUT2D eigenvalue weighted by Crippen LogP contribution is 2.23. The standard InChI is InChI=1S/C14H12ClFN2O/c1-8-2-4-10(11(15)6-8)14(19)18-13-7-9(16)3-5-12(13)17/h2-7H,17H2,1H3,(H,18,19). The minimum absolute atomic E-state index is 0.224. The van der Waals surface area contributed by atoms with Gasteiger partial charge in [0.1, 0.15) is 5.82 Å². The molecule has 0 bridgehead atoms. The Morgan fingerprint density at radius 3 is 2.68 bits per heavy atom. The van der Waals surface area contributed by atoms with Crippen molar-refractivity contribution in [3.8, 4) is 0 Å². The minimum atomic E-state index is -0.473. The van der Waals surface area contributed by atoms with Crippen LogP contribution in [0.15, 0.2) is 36.4 Å². The van der Waals surface area contributed by atoms with Gasteiger partial charge in [-0.05, 0) is 42.8 Å². The number of nitrogen functional groups attached to an aromatic ring is 1. The Bertz CT molecular complexity index is 643. The summed E-state index contributed by atoms with van der Waals surface area (Å²) >= 11 is 6.00. The molecular weight excluding hydrogens is 267 g/mol. The van der Waals surface area contributed by atoms with Gasteiger partial charge in [-0.3, -0.25) is 4.79 Å². The van der Waals surface area contributed by atoms with Crippen molar-refractivity contribution in [1.82, 2.24) is 0 Å². The molecule has 3 nitrogen and oxygen atoms in total. The van der Waals surface area contributed by atoms with Gasteiger partial charge in [0.25, 0.3) is 5.91 Å². The second-order valence-corrected chi connectivity index (χ2v) is 4.58. The molecule has 0 heterocycles. The van der Waals surface area contributed by atoms with E-state index in [0.29, 0.717) is 10.6 Å². The lowest BCUT2D eigenvalue weighted by atomic mass is 10.1. The van der Waals surface area contributed by atoms with E-state index in [9.17, 15) is 9.18 Å². The van der Waals surface area contributed by atoms with E-state index in [-0.39, 0.29) is 11.4 Å². The number of rotatable bonds is 2. The number of halogens is 2. The van der Waals surface area contributed by atoms with Crippen LogP contribution < -0.4 is 11.1 Å². The van der Waals surface area contributed by atoms with Crippen molar-refractivity contribution < 1.29 is 9.18 Å². The highest BCUT2D eigenvalue weighted by molar-refractivity contribution is 6.34. The largest absolute Gasteiger partial charge is 0.397 e. The first-order valence-corrected chi connectivity index (χ1v) is 5.97. The monoisotopic (exact) mass is 278 g/mol. The number of aryl methyl sites for hydroxylation is 1. The number of anilines is 2. The zero-order valence-corrected chi connectivity index (χ0v) is 11.0. The van der Waals surface area contributed by atoms with E-state index in [1.165, 1.54) is 12.1 Å². The van der Waals surface area contributed by atoms with Gasteiger partial charge in [-0.2, -0.15) is 0 Å². The van der Waals surface area contributed by atoms with Crippen molar-refractivity contribution in [2.45, 2.75) is 6.92 Å². The Kier molecular flexibility index (Phi) is 3.71. The molecule has 98 valence electrons. The van der Waals surface area contributed by atoms with E-state index in [0.717, 1.165) is 11.6 Å². The van der Waals surface area contributed by atoms with Crippen LogP contribution in [0.4, 0.5) is 15.8 Å². The average molecular weight is 279 g/mol. The lowest BCUT2D eigenvalue weighted by molar-refractivity contribution is 0.102. The molecule has 0 spiro atoms. The zero-order valence-electron chi connectivity index (χ0n) is 10.2. The number of hydrogen-bond acceptors (Lipinski definition) is 2. The highest BCUT2D eigenvalue weighted by atomic mass is 35.5. The molecule has 0 aliphatic heterocycles. The molecule has 3 N–H and O–H groups in total. The van der Waals surface area contributed by atoms with Crippen LogP contribution in [0.2, 0.25) is 5.02 Å². The van der Waals surface area contributed by atoms with Crippen LogP contribution in [0, 0.1) is 12.7 Å². The summed E-state index contributed by atoms with van der Waals surface area (Å²) in [4.78, 5) is 12.0. The summed E-state index contributed by atoms with van der Waals surface area (Å²) in [7, 11) is 0. The second-order valence-electron chi connectivity index (χ2n) is 4.17. The maximum Gasteiger partial charge on any atom is 0.257 e. The van der Waals surface area contributed by atoms with E-state index in [1.807, 2.05) is 6.92 Å². The number of benzene rings is 2.